The first-order valence-electron chi connectivity index (χ1n) is 14.6. The van der Waals surface area contributed by atoms with Crippen molar-refractivity contribution in [3.05, 3.63) is 106 Å². The highest BCUT2D eigenvalue weighted by molar-refractivity contribution is 9.10. The Bertz CT molecular complexity index is 1610. The van der Waals surface area contributed by atoms with E-state index in [0.29, 0.717) is 34.4 Å². The molecule has 3 aromatic carbocycles. The van der Waals surface area contributed by atoms with Gasteiger partial charge in [0.15, 0.2) is 5.60 Å². The number of nitrogens with zero attached hydrogens (tertiary/aromatic N) is 2. The summed E-state index contributed by atoms with van der Waals surface area (Å²) in [5.41, 5.74) is 2.52. The first kappa shape index (κ1) is 31.6. The van der Waals surface area contributed by atoms with E-state index in [1.807, 2.05) is 30.3 Å². The van der Waals surface area contributed by atoms with E-state index < -0.39 is 29.4 Å². The predicted octanol–water partition coefficient (Wildman–Crippen LogP) is 4.03. The molecule has 3 aromatic rings. The summed E-state index contributed by atoms with van der Waals surface area (Å²) in [6.07, 6.45) is 2.86. The molecule has 2 aliphatic rings. The van der Waals surface area contributed by atoms with E-state index in [4.69, 9.17) is 0 Å². The van der Waals surface area contributed by atoms with Gasteiger partial charge in [0.2, 0.25) is 5.91 Å². The second kappa shape index (κ2) is 13.0. The van der Waals surface area contributed by atoms with Crippen LogP contribution in [-0.2, 0) is 39.5 Å². The molecule has 0 fully saturated rings. The molecule has 0 aliphatic carbocycles. The molecule has 230 valence electrons. The van der Waals surface area contributed by atoms with Gasteiger partial charge in [-0.25, -0.2) is 0 Å². The summed E-state index contributed by atoms with van der Waals surface area (Å²) in [6, 6.07) is 19.9. The average molecular weight is 663 g/mol. The lowest BCUT2D eigenvalue weighted by atomic mass is 9.83. The van der Waals surface area contributed by atoms with Gasteiger partial charge in [-0.05, 0) is 60.4 Å². The molecular weight excluding hydrogens is 626 g/mol. The number of fused-ring (bicyclic) bond motifs is 2. The van der Waals surface area contributed by atoms with Gasteiger partial charge in [-0.1, -0.05) is 71.4 Å². The van der Waals surface area contributed by atoms with Crippen molar-refractivity contribution in [2.75, 3.05) is 16.8 Å². The van der Waals surface area contributed by atoms with Crippen LogP contribution in [0.5, 0.6) is 0 Å². The molecule has 2 aliphatic heterocycles. The van der Waals surface area contributed by atoms with Crippen LogP contribution in [0.4, 0.5) is 11.4 Å². The standard InChI is InChI=1S/C34H36BrN3O6/c1-21(7-5-12-31(41)37-19-25-10-4-3-9-24(25)16-28(37)20-39)34(44)29-17-26(35)13-14-30(29)38(33(34)43)18-23-8-6-11-27(15-23)36-32(42)22(2)40/h3-11,13-15,17,21-22,28,39-40,44H,12,16,18-20H2,1-2H3,(H,36,42)/b7-5+/t21-,22+,28+,34+/m1/s1. The Balaban J connectivity index is 1.33. The molecule has 0 bridgehead atoms. The molecule has 3 amide bonds. The zero-order chi connectivity index (χ0) is 31.6. The molecular formula is C34H36BrN3O6. The highest BCUT2D eigenvalue weighted by Gasteiger charge is 2.52. The minimum atomic E-state index is -1.88. The summed E-state index contributed by atoms with van der Waals surface area (Å²) in [7, 11) is 0. The van der Waals surface area contributed by atoms with Crippen LogP contribution in [0, 0.1) is 5.92 Å². The van der Waals surface area contributed by atoms with Crippen molar-refractivity contribution in [1.82, 2.24) is 4.90 Å². The second-order valence-electron chi connectivity index (χ2n) is 11.4. The van der Waals surface area contributed by atoms with Crippen LogP contribution in [0.25, 0.3) is 0 Å². The van der Waals surface area contributed by atoms with Crippen molar-refractivity contribution in [2.24, 2.45) is 5.92 Å². The van der Waals surface area contributed by atoms with E-state index in [-0.39, 0.29) is 31.5 Å². The first-order valence-corrected chi connectivity index (χ1v) is 15.4. The Kier molecular flexibility index (Phi) is 9.36. The molecule has 4 N–H and O–H groups in total. The Labute approximate surface area is 264 Å². The van der Waals surface area contributed by atoms with Crippen molar-refractivity contribution >= 4 is 45.0 Å². The van der Waals surface area contributed by atoms with Gasteiger partial charge in [-0.3, -0.25) is 14.4 Å². The quantitative estimate of drug-likeness (QED) is 0.256. The maximum Gasteiger partial charge on any atom is 0.264 e. The van der Waals surface area contributed by atoms with Gasteiger partial charge in [0, 0.05) is 34.6 Å². The van der Waals surface area contributed by atoms with E-state index in [9.17, 15) is 29.7 Å². The fourth-order valence-corrected chi connectivity index (χ4v) is 6.29. The average Bonchev–Trinajstić information content (AvgIpc) is 3.22. The molecule has 0 aromatic heterocycles. The fourth-order valence-electron chi connectivity index (χ4n) is 5.92. The molecule has 0 saturated carbocycles. The molecule has 4 atom stereocenters. The third kappa shape index (κ3) is 6.21. The number of amides is 3. The molecule has 0 unspecified atom stereocenters. The number of rotatable bonds is 9. The van der Waals surface area contributed by atoms with Gasteiger partial charge in [-0.15, -0.1) is 0 Å². The van der Waals surface area contributed by atoms with E-state index >= 15 is 0 Å². The van der Waals surface area contributed by atoms with Crippen molar-refractivity contribution in [3.63, 3.8) is 0 Å². The van der Waals surface area contributed by atoms with E-state index in [0.717, 1.165) is 16.7 Å². The lowest BCUT2D eigenvalue weighted by Crippen LogP contribution is -2.46. The highest BCUT2D eigenvalue weighted by Crippen LogP contribution is 2.46. The summed E-state index contributed by atoms with van der Waals surface area (Å²) in [5, 5.41) is 34.2. The summed E-state index contributed by atoms with van der Waals surface area (Å²) in [4.78, 5) is 42.4. The smallest absolute Gasteiger partial charge is 0.264 e. The Morgan fingerprint density at radius 1 is 1.09 bits per heavy atom. The first-order chi connectivity index (χ1) is 21.0. The normalized spacial score (nSPS) is 20.8. The van der Waals surface area contributed by atoms with Gasteiger partial charge in [0.05, 0.1) is 24.9 Å². The molecule has 5 rings (SSSR count). The van der Waals surface area contributed by atoms with Gasteiger partial charge in [0.25, 0.3) is 11.8 Å². The summed E-state index contributed by atoms with van der Waals surface area (Å²) in [5.74, 6) is -1.85. The van der Waals surface area contributed by atoms with Crippen LogP contribution in [-0.4, -0.2) is 56.7 Å². The molecule has 0 radical (unpaired) electrons. The zero-order valence-corrected chi connectivity index (χ0v) is 26.2. The van der Waals surface area contributed by atoms with E-state index in [2.05, 4.69) is 21.2 Å². The second-order valence-corrected chi connectivity index (χ2v) is 12.4. The summed E-state index contributed by atoms with van der Waals surface area (Å²) >= 11 is 3.47. The molecule has 9 nitrogen and oxygen atoms in total. The number of aliphatic hydroxyl groups is 3. The van der Waals surface area contributed by atoms with Crippen LogP contribution in [0.15, 0.2) is 83.4 Å². The number of aliphatic hydroxyl groups excluding tert-OH is 2. The minimum absolute atomic E-state index is 0.0628. The number of nitrogens with one attached hydrogen (secondary N) is 1. The van der Waals surface area contributed by atoms with Crippen molar-refractivity contribution in [2.45, 2.75) is 57.5 Å². The number of hydrogen-bond donors (Lipinski definition) is 4. The van der Waals surface area contributed by atoms with Gasteiger partial charge in [0.1, 0.15) is 6.10 Å². The number of halogens is 1. The monoisotopic (exact) mass is 661 g/mol. The summed E-state index contributed by atoms with van der Waals surface area (Å²) < 4.78 is 0.707. The third-order valence-corrected chi connectivity index (χ3v) is 8.90. The molecule has 0 saturated heterocycles. The Morgan fingerprint density at radius 3 is 2.57 bits per heavy atom. The maximum atomic E-state index is 14.0. The molecule has 10 heteroatoms. The Morgan fingerprint density at radius 2 is 1.84 bits per heavy atom. The number of carbonyl (C=O) groups is 3. The van der Waals surface area contributed by atoms with Crippen molar-refractivity contribution < 1.29 is 29.7 Å². The van der Waals surface area contributed by atoms with Crippen molar-refractivity contribution in [1.29, 1.82) is 0 Å². The number of hydrogen-bond acceptors (Lipinski definition) is 6. The topological polar surface area (TPSA) is 130 Å². The van der Waals surface area contributed by atoms with Gasteiger partial charge < -0.3 is 30.4 Å². The van der Waals surface area contributed by atoms with E-state index in [1.165, 1.54) is 11.8 Å². The zero-order valence-electron chi connectivity index (χ0n) is 24.6. The maximum absolute atomic E-state index is 14.0. The van der Waals surface area contributed by atoms with Crippen LogP contribution in [0.1, 0.15) is 42.5 Å². The number of benzene rings is 3. The van der Waals surface area contributed by atoms with Crippen LogP contribution in [0.3, 0.4) is 0 Å². The highest BCUT2D eigenvalue weighted by atomic mass is 79.9. The fraction of sp³-hybridized carbons (Fsp3) is 0.324. The van der Waals surface area contributed by atoms with Crippen LogP contribution in [0.2, 0.25) is 0 Å². The lowest BCUT2D eigenvalue weighted by Gasteiger charge is -2.36. The van der Waals surface area contributed by atoms with Crippen LogP contribution >= 0.6 is 15.9 Å². The summed E-state index contributed by atoms with van der Waals surface area (Å²) in [6.45, 7) is 3.55. The molecule has 2 heterocycles. The van der Waals surface area contributed by atoms with Crippen LogP contribution < -0.4 is 10.2 Å². The lowest BCUT2D eigenvalue weighted by molar-refractivity contribution is -0.139. The van der Waals surface area contributed by atoms with E-state index in [1.54, 1.807) is 60.4 Å². The van der Waals surface area contributed by atoms with Gasteiger partial charge >= 0.3 is 0 Å². The predicted molar refractivity (Wildman–Crippen MR) is 170 cm³/mol. The van der Waals surface area contributed by atoms with Gasteiger partial charge in [-0.2, -0.15) is 0 Å². The van der Waals surface area contributed by atoms with Crippen molar-refractivity contribution in [3.8, 4) is 0 Å². The SMILES string of the molecule is C[C@H](O)C(=O)Nc1cccc(CN2C(=O)[C@](O)([C@H](C)/C=C/CC(=O)N3Cc4ccccc4C[C@H]3CO)c3cc(Br)ccc32)c1. The third-order valence-electron chi connectivity index (χ3n) is 8.41. The molecule has 44 heavy (non-hydrogen) atoms. The number of anilines is 2. The number of carbonyl (C=O) groups excluding carboxylic acids is 3. The minimum Gasteiger partial charge on any atom is -0.394 e. The molecule has 0 spiro atoms. The Hall–Kier alpha value is -3.83. The largest absolute Gasteiger partial charge is 0.394 e.